The number of benzene rings is 2. The molecule has 0 aliphatic heterocycles. The average molecular weight is 374 g/mol. The van der Waals surface area contributed by atoms with Crippen molar-refractivity contribution in [3.63, 3.8) is 0 Å². The Bertz CT molecular complexity index is 794. The molecule has 0 atom stereocenters. The van der Waals surface area contributed by atoms with E-state index in [0.717, 1.165) is 20.2 Å². The van der Waals surface area contributed by atoms with Crippen molar-refractivity contribution in [3.8, 4) is 5.75 Å². The fourth-order valence-electron chi connectivity index (χ4n) is 1.96. The van der Waals surface area contributed by atoms with Crippen molar-refractivity contribution >= 4 is 45.4 Å². The van der Waals surface area contributed by atoms with Crippen LogP contribution in [0.25, 0.3) is 10.9 Å². The summed E-state index contributed by atoms with van der Waals surface area (Å²) in [4.78, 5) is 8.80. The van der Waals surface area contributed by atoms with Gasteiger partial charge in [-0.05, 0) is 52.9 Å². The van der Waals surface area contributed by atoms with Crippen LogP contribution < -0.4 is 0 Å². The van der Waals surface area contributed by atoms with Gasteiger partial charge in [0.25, 0.3) is 0 Å². The van der Waals surface area contributed by atoms with Gasteiger partial charge in [-0.15, -0.1) is 0 Å². The quantitative estimate of drug-likeness (QED) is 0.537. The monoisotopic (exact) mass is 374 g/mol. The highest BCUT2D eigenvalue weighted by atomic mass is 127. The number of aliphatic imine (C=N–C) groups is 1. The van der Waals surface area contributed by atoms with Crippen LogP contribution in [0.1, 0.15) is 5.56 Å². The zero-order chi connectivity index (χ0) is 13.9. The number of nitrogens with zero attached hydrogens (tertiary/aromatic N) is 2. The molecule has 4 heteroatoms. The number of halogens is 1. The zero-order valence-electron chi connectivity index (χ0n) is 10.5. The fourth-order valence-corrected chi connectivity index (χ4v) is 2.43. The maximum absolute atomic E-state index is 9.87. The van der Waals surface area contributed by atoms with E-state index >= 15 is 0 Å². The van der Waals surface area contributed by atoms with Crippen LogP contribution in [-0.4, -0.2) is 16.3 Å². The molecule has 0 saturated heterocycles. The number of aromatic nitrogens is 1. The van der Waals surface area contributed by atoms with Crippen molar-refractivity contribution in [2.24, 2.45) is 4.99 Å². The maximum Gasteiger partial charge on any atom is 0.125 e. The molecule has 0 spiro atoms. The lowest BCUT2D eigenvalue weighted by Gasteiger charge is -2.01. The van der Waals surface area contributed by atoms with Gasteiger partial charge in [-0.25, -0.2) is 0 Å². The van der Waals surface area contributed by atoms with Gasteiger partial charge in [0.15, 0.2) is 0 Å². The summed E-state index contributed by atoms with van der Waals surface area (Å²) < 4.78 is 0.990. The number of aromatic hydroxyl groups is 1. The predicted molar refractivity (Wildman–Crippen MR) is 89.8 cm³/mol. The van der Waals surface area contributed by atoms with Crippen molar-refractivity contribution in [2.75, 3.05) is 0 Å². The number of hydrogen-bond acceptors (Lipinski definition) is 3. The Morgan fingerprint density at radius 2 is 1.95 bits per heavy atom. The van der Waals surface area contributed by atoms with Gasteiger partial charge in [0.2, 0.25) is 0 Å². The number of pyridine rings is 1. The molecule has 0 aliphatic carbocycles. The molecule has 0 radical (unpaired) electrons. The van der Waals surface area contributed by atoms with E-state index in [1.54, 1.807) is 18.5 Å². The van der Waals surface area contributed by atoms with Crippen LogP contribution in [0, 0.1) is 3.57 Å². The topological polar surface area (TPSA) is 45.5 Å². The predicted octanol–water partition coefficient (Wildman–Crippen LogP) is 4.30. The molecular formula is C16H11IN2O. The minimum Gasteiger partial charge on any atom is -0.507 e. The van der Waals surface area contributed by atoms with Crippen LogP contribution in [0.4, 0.5) is 5.69 Å². The fraction of sp³-hybridized carbons (Fsp3) is 0. The van der Waals surface area contributed by atoms with Gasteiger partial charge in [0.05, 0.1) is 11.2 Å². The second-order valence-corrected chi connectivity index (χ2v) is 5.56. The smallest absolute Gasteiger partial charge is 0.125 e. The van der Waals surface area contributed by atoms with Crippen molar-refractivity contribution < 1.29 is 5.11 Å². The van der Waals surface area contributed by atoms with Gasteiger partial charge in [-0.1, -0.05) is 18.2 Å². The lowest BCUT2D eigenvalue weighted by atomic mass is 10.2. The molecule has 3 rings (SSSR count). The first kappa shape index (κ1) is 13.1. The first-order valence-corrected chi connectivity index (χ1v) is 7.18. The highest BCUT2D eigenvalue weighted by molar-refractivity contribution is 14.1. The Balaban J connectivity index is 2.02. The Hall–Kier alpha value is -1.95. The Kier molecular flexibility index (Phi) is 3.64. The molecule has 20 heavy (non-hydrogen) atoms. The Labute approximate surface area is 130 Å². The largest absolute Gasteiger partial charge is 0.507 e. The number of phenols is 1. The van der Waals surface area contributed by atoms with Gasteiger partial charge < -0.3 is 5.11 Å². The van der Waals surface area contributed by atoms with Gasteiger partial charge in [-0.3, -0.25) is 9.98 Å². The molecule has 2 aromatic carbocycles. The van der Waals surface area contributed by atoms with E-state index in [0.29, 0.717) is 5.56 Å². The first-order chi connectivity index (χ1) is 9.74. The second-order valence-electron chi connectivity index (χ2n) is 4.31. The van der Waals surface area contributed by atoms with Crippen LogP contribution in [0.15, 0.2) is 59.7 Å². The molecule has 0 saturated carbocycles. The average Bonchev–Trinajstić information content (AvgIpc) is 2.46. The van der Waals surface area contributed by atoms with Crippen molar-refractivity contribution in [1.29, 1.82) is 0 Å². The summed E-state index contributed by atoms with van der Waals surface area (Å²) >= 11 is 2.16. The van der Waals surface area contributed by atoms with Gasteiger partial charge in [0.1, 0.15) is 5.75 Å². The standard InChI is InChI=1S/C16H11IN2O/c17-13-7-6-12(15(20)9-13)10-19-14-5-1-3-11-4-2-8-18-16(11)14/h1-10,20H. The number of phenolic OH excluding ortho intramolecular Hbond substituents is 1. The molecule has 0 fully saturated rings. The van der Waals surface area contributed by atoms with Gasteiger partial charge in [-0.2, -0.15) is 0 Å². The van der Waals surface area contributed by atoms with Crippen LogP contribution in [0.5, 0.6) is 5.75 Å². The highest BCUT2D eigenvalue weighted by Gasteiger charge is 2.01. The van der Waals surface area contributed by atoms with Crippen LogP contribution in [0.2, 0.25) is 0 Å². The molecule has 0 unspecified atom stereocenters. The minimum absolute atomic E-state index is 0.230. The zero-order valence-corrected chi connectivity index (χ0v) is 12.7. The summed E-state index contributed by atoms with van der Waals surface area (Å²) in [6.45, 7) is 0. The molecule has 1 N–H and O–H groups in total. The van der Waals surface area contributed by atoms with Gasteiger partial charge in [0, 0.05) is 26.9 Å². The normalized spacial score (nSPS) is 11.2. The molecular weight excluding hydrogens is 363 g/mol. The summed E-state index contributed by atoms with van der Waals surface area (Å²) in [7, 11) is 0. The van der Waals surface area contributed by atoms with Crippen molar-refractivity contribution in [2.45, 2.75) is 0 Å². The summed E-state index contributed by atoms with van der Waals surface area (Å²) in [6.07, 6.45) is 3.42. The Morgan fingerprint density at radius 3 is 2.80 bits per heavy atom. The summed E-state index contributed by atoms with van der Waals surface area (Å²) in [5, 5.41) is 10.9. The Morgan fingerprint density at radius 1 is 1.10 bits per heavy atom. The van der Waals surface area contributed by atoms with E-state index in [1.807, 2.05) is 42.5 Å². The first-order valence-electron chi connectivity index (χ1n) is 6.10. The summed E-state index contributed by atoms with van der Waals surface area (Å²) in [5.41, 5.74) is 2.34. The third-order valence-electron chi connectivity index (χ3n) is 2.95. The van der Waals surface area contributed by atoms with Crippen molar-refractivity contribution in [3.05, 3.63) is 63.9 Å². The maximum atomic E-state index is 9.87. The van der Waals surface area contributed by atoms with E-state index in [2.05, 4.69) is 32.6 Å². The molecule has 0 amide bonds. The molecule has 1 heterocycles. The molecule has 3 nitrogen and oxygen atoms in total. The second kappa shape index (κ2) is 5.58. The summed E-state index contributed by atoms with van der Waals surface area (Å²) in [5.74, 6) is 0.230. The highest BCUT2D eigenvalue weighted by Crippen LogP contribution is 2.24. The lowest BCUT2D eigenvalue weighted by Crippen LogP contribution is -1.84. The number of fused-ring (bicyclic) bond motifs is 1. The van der Waals surface area contributed by atoms with E-state index < -0.39 is 0 Å². The molecule has 98 valence electrons. The van der Waals surface area contributed by atoms with E-state index in [1.165, 1.54) is 0 Å². The van der Waals surface area contributed by atoms with E-state index in [9.17, 15) is 5.11 Å². The molecule has 3 aromatic rings. The molecule has 0 bridgehead atoms. The lowest BCUT2D eigenvalue weighted by molar-refractivity contribution is 0.474. The summed E-state index contributed by atoms with van der Waals surface area (Å²) in [6, 6.07) is 15.3. The third kappa shape index (κ3) is 2.65. The minimum atomic E-state index is 0.230. The number of hydrogen-bond donors (Lipinski definition) is 1. The van der Waals surface area contributed by atoms with Crippen molar-refractivity contribution in [1.82, 2.24) is 4.98 Å². The number of para-hydroxylation sites is 1. The van der Waals surface area contributed by atoms with E-state index in [-0.39, 0.29) is 5.75 Å². The molecule has 1 aromatic heterocycles. The number of rotatable bonds is 2. The molecule has 0 aliphatic rings. The van der Waals surface area contributed by atoms with Gasteiger partial charge >= 0.3 is 0 Å². The van der Waals surface area contributed by atoms with Crippen LogP contribution in [-0.2, 0) is 0 Å². The third-order valence-corrected chi connectivity index (χ3v) is 3.62. The SMILES string of the molecule is Oc1cc(I)ccc1C=Nc1cccc2cccnc12. The van der Waals surface area contributed by atoms with Crippen LogP contribution in [0.3, 0.4) is 0 Å². The van der Waals surface area contributed by atoms with Crippen LogP contribution >= 0.6 is 22.6 Å². The van der Waals surface area contributed by atoms with E-state index in [4.69, 9.17) is 0 Å².